The van der Waals surface area contributed by atoms with Gasteiger partial charge in [-0.25, -0.2) is 0 Å². The SMILES string of the molecule is CCCOc1nc(Cl)nc(NCc2ccccc2Br)n1. The maximum atomic E-state index is 5.85. The largest absolute Gasteiger partial charge is 0.463 e. The fourth-order valence-corrected chi connectivity index (χ4v) is 2.06. The van der Waals surface area contributed by atoms with Gasteiger partial charge in [-0.2, -0.15) is 15.0 Å². The molecule has 20 heavy (non-hydrogen) atoms. The molecule has 0 bridgehead atoms. The second kappa shape index (κ2) is 7.40. The lowest BCUT2D eigenvalue weighted by Crippen LogP contribution is -2.08. The number of anilines is 1. The molecule has 5 nitrogen and oxygen atoms in total. The molecule has 1 N–H and O–H groups in total. The summed E-state index contributed by atoms with van der Waals surface area (Å²) in [6.45, 7) is 3.13. The number of benzene rings is 1. The van der Waals surface area contributed by atoms with E-state index in [2.05, 4.69) is 36.2 Å². The van der Waals surface area contributed by atoms with E-state index in [0.717, 1.165) is 16.5 Å². The topological polar surface area (TPSA) is 59.9 Å². The van der Waals surface area contributed by atoms with Crippen LogP contribution in [0.5, 0.6) is 6.01 Å². The van der Waals surface area contributed by atoms with E-state index in [0.29, 0.717) is 19.1 Å². The summed E-state index contributed by atoms with van der Waals surface area (Å²) in [4.78, 5) is 12.1. The Labute approximate surface area is 130 Å². The minimum absolute atomic E-state index is 0.112. The van der Waals surface area contributed by atoms with Crippen molar-refractivity contribution in [1.82, 2.24) is 15.0 Å². The van der Waals surface area contributed by atoms with Crippen molar-refractivity contribution in [2.24, 2.45) is 0 Å². The molecule has 0 radical (unpaired) electrons. The fraction of sp³-hybridized carbons (Fsp3) is 0.308. The quantitative estimate of drug-likeness (QED) is 0.854. The Hall–Kier alpha value is -1.40. The normalized spacial score (nSPS) is 10.3. The van der Waals surface area contributed by atoms with E-state index >= 15 is 0 Å². The van der Waals surface area contributed by atoms with Gasteiger partial charge in [0.1, 0.15) is 0 Å². The van der Waals surface area contributed by atoms with Crippen molar-refractivity contribution in [2.45, 2.75) is 19.9 Å². The summed E-state index contributed by atoms with van der Waals surface area (Å²) in [5, 5.41) is 3.21. The first-order valence-corrected chi connectivity index (χ1v) is 7.37. The molecule has 0 spiro atoms. The first-order chi connectivity index (χ1) is 9.69. The summed E-state index contributed by atoms with van der Waals surface area (Å²) < 4.78 is 6.38. The van der Waals surface area contributed by atoms with Crippen molar-refractivity contribution >= 4 is 33.5 Å². The molecule has 2 aromatic rings. The third kappa shape index (κ3) is 4.31. The molecule has 106 valence electrons. The van der Waals surface area contributed by atoms with Crippen LogP contribution in [0.2, 0.25) is 5.28 Å². The number of nitrogens with one attached hydrogen (secondary N) is 1. The van der Waals surface area contributed by atoms with Crippen molar-refractivity contribution < 1.29 is 4.74 Å². The first-order valence-electron chi connectivity index (χ1n) is 6.20. The van der Waals surface area contributed by atoms with Gasteiger partial charge in [-0.1, -0.05) is 41.1 Å². The number of halogens is 2. The Kier molecular flexibility index (Phi) is 5.55. The minimum Gasteiger partial charge on any atom is -0.463 e. The predicted octanol–water partition coefficient (Wildman–Crippen LogP) is 3.69. The maximum Gasteiger partial charge on any atom is 0.322 e. The van der Waals surface area contributed by atoms with E-state index in [1.165, 1.54) is 0 Å². The molecular weight excluding hydrogens is 344 g/mol. The molecule has 7 heteroatoms. The minimum atomic E-state index is 0.112. The van der Waals surface area contributed by atoms with Gasteiger partial charge in [0.05, 0.1) is 6.61 Å². The van der Waals surface area contributed by atoms with Crippen LogP contribution in [-0.2, 0) is 6.54 Å². The van der Waals surface area contributed by atoms with Gasteiger partial charge < -0.3 is 10.1 Å². The molecule has 1 aromatic carbocycles. The van der Waals surface area contributed by atoms with Crippen molar-refractivity contribution in [3.63, 3.8) is 0 Å². The van der Waals surface area contributed by atoms with Crippen LogP contribution in [0.25, 0.3) is 0 Å². The summed E-state index contributed by atoms with van der Waals surface area (Å²) in [7, 11) is 0. The highest BCUT2D eigenvalue weighted by molar-refractivity contribution is 9.10. The van der Waals surface area contributed by atoms with E-state index in [-0.39, 0.29) is 11.3 Å². The van der Waals surface area contributed by atoms with Crippen LogP contribution < -0.4 is 10.1 Å². The molecule has 1 aromatic heterocycles. The summed E-state index contributed by atoms with van der Waals surface area (Å²) in [6, 6.07) is 8.16. The van der Waals surface area contributed by atoms with E-state index < -0.39 is 0 Å². The smallest absolute Gasteiger partial charge is 0.322 e. The van der Waals surface area contributed by atoms with E-state index in [4.69, 9.17) is 16.3 Å². The lowest BCUT2D eigenvalue weighted by Gasteiger charge is -2.08. The third-order valence-corrected chi connectivity index (χ3v) is 3.36. The zero-order valence-corrected chi connectivity index (χ0v) is 13.3. The van der Waals surface area contributed by atoms with E-state index in [1.807, 2.05) is 31.2 Å². The van der Waals surface area contributed by atoms with E-state index in [9.17, 15) is 0 Å². The van der Waals surface area contributed by atoms with Gasteiger partial charge in [0, 0.05) is 11.0 Å². The Morgan fingerprint density at radius 2 is 2.05 bits per heavy atom. The summed E-state index contributed by atoms with van der Waals surface area (Å²) in [5.74, 6) is 0.395. The lowest BCUT2D eigenvalue weighted by atomic mass is 10.2. The van der Waals surface area contributed by atoms with Gasteiger partial charge in [0.25, 0.3) is 0 Å². The average molecular weight is 358 g/mol. The summed E-state index contributed by atoms with van der Waals surface area (Å²) >= 11 is 9.34. The van der Waals surface area contributed by atoms with Gasteiger partial charge in [-0.3, -0.25) is 0 Å². The Morgan fingerprint density at radius 1 is 1.25 bits per heavy atom. The maximum absolute atomic E-state index is 5.85. The Bertz CT molecular complexity index is 582. The molecule has 1 heterocycles. The number of rotatable bonds is 6. The van der Waals surface area contributed by atoms with Crippen LogP contribution in [0.4, 0.5) is 5.95 Å². The monoisotopic (exact) mass is 356 g/mol. The van der Waals surface area contributed by atoms with E-state index in [1.54, 1.807) is 0 Å². The van der Waals surface area contributed by atoms with Crippen LogP contribution in [0.1, 0.15) is 18.9 Å². The number of hydrogen-bond donors (Lipinski definition) is 1. The highest BCUT2D eigenvalue weighted by Gasteiger charge is 2.06. The average Bonchev–Trinajstić information content (AvgIpc) is 2.44. The molecule has 0 amide bonds. The fourth-order valence-electron chi connectivity index (χ4n) is 1.48. The van der Waals surface area contributed by atoms with Gasteiger partial charge in [-0.15, -0.1) is 0 Å². The van der Waals surface area contributed by atoms with Crippen molar-refractivity contribution in [3.05, 3.63) is 39.6 Å². The van der Waals surface area contributed by atoms with Crippen molar-refractivity contribution in [1.29, 1.82) is 0 Å². The van der Waals surface area contributed by atoms with Crippen molar-refractivity contribution in [3.8, 4) is 6.01 Å². The molecule has 0 fully saturated rings. The third-order valence-electron chi connectivity index (χ3n) is 2.42. The summed E-state index contributed by atoms with van der Waals surface area (Å²) in [5.41, 5.74) is 1.10. The van der Waals surface area contributed by atoms with Gasteiger partial charge >= 0.3 is 6.01 Å². The molecule has 0 aliphatic carbocycles. The molecule has 0 aliphatic rings. The van der Waals surface area contributed by atoms with Crippen molar-refractivity contribution in [2.75, 3.05) is 11.9 Å². The van der Waals surface area contributed by atoms with Crippen LogP contribution in [0.15, 0.2) is 28.7 Å². The van der Waals surface area contributed by atoms with Gasteiger partial charge in [-0.05, 0) is 29.7 Å². The highest BCUT2D eigenvalue weighted by Crippen LogP contribution is 2.17. The van der Waals surface area contributed by atoms with Gasteiger partial charge in [0.2, 0.25) is 11.2 Å². The molecule has 0 aliphatic heterocycles. The highest BCUT2D eigenvalue weighted by atomic mass is 79.9. The molecule has 0 saturated carbocycles. The predicted molar refractivity (Wildman–Crippen MR) is 82.1 cm³/mol. The number of hydrogen-bond acceptors (Lipinski definition) is 5. The molecular formula is C13H14BrClN4O. The Balaban J connectivity index is 2.05. The van der Waals surface area contributed by atoms with Crippen LogP contribution >= 0.6 is 27.5 Å². The van der Waals surface area contributed by atoms with Crippen LogP contribution in [0.3, 0.4) is 0 Å². The second-order valence-corrected chi connectivity index (χ2v) is 5.20. The molecule has 0 unspecified atom stereocenters. The first kappa shape index (κ1) is 15.0. The second-order valence-electron chi connectivity index (χ2n) is 4.00. The van der Waals surface area contributed by atoms with Gasteiger partial charge in [0.15, 0.2) is 0 Å². The number of nitrogens with zero attached hydrogens (tertiary/aromatic N) is 3. The van der Waals surface area contributed by atoms with Crippen LogP contribution in [-0.4, -0.2) is 21.6 Å². The molecule has 2 rings (SSSR count). The molecule has 0 saturated heterocycles. The number of aromatic nitrogens is 3. The number of ether oxygens (including phenoxy) is 1. The zero-order chi connectivity index (χ0) is 14.4. The zero-order valence-electron chi connectivity index (χ0n) is 10.9. The molecule has 0 atom stereocenters. The lowest BCUT2D eigenvalue weighted by molar-refractivity contribution is 0.291. The standard InChI is InChI=1S/C13H14BrClN4O/c1-2-7-20-13-18-11(15)17-12(19-13)16-8-9-5-3-4-6-10(9)14/h3-6H,2,7-8H2,1H3,(H,16,17,18,19). The van der Waals surface area contributed by atoms with Crippen LogP contribution in [0, 0.1) is 0 Å². The summed E-state index contributed by atoms with van der Waals surface area (Å²) in [6.07, 6.45) is 0.878. The Morgan fingerprint density at radius 3 is 2.80 bits per heavy atom.